The largest absolute Gasteiger partial charge is 0.444 e. The molecule has 17 rings (SSSR count). The molecule has 0 unspecified atom stereocenters. The number of methoxy groups -OCH3 is 3. The van der Waals surface area contributed by atoms with Gasteiger partial charge in [0.25, 0.3) is 0 Å². The number of rotatable bonds is 13. The van der Waals surface area contributed by atoms with Crippen molar-refractivity contribution >= 4 is 157 Å². The van der Waals surface area contributed by atoms with Crippen LogP contribution in [0.5, 0.6) is 0 Å². The van der Waals surface area contributed by atoms with Gasteiger partial charge in [-0.25, -0.2) is 14.4 Å². The highest BCUT2D eigenvalue weighted by Gasteiger charge is 2.55. The second-order valence-electron chi connectivity index (χ2n) is 46.2. The number of hydrogen-bond acceptors (Lipinski definition) is 15. The molecule has 4 N–H and O–H groups in total. The second-order valence-corrected chi connectivity index (χ2v) is 51.1. The maximum absolute atomic E-state index is 12.6. The van der Waals surface area contributed by atoms with E-state index in [0.29, 0.717) is 113 Å². The van der Waals surface area contributed by atoms with E-state index < -0.39 is 28.0 Å². The Bertz CT molecular complexity index is 4580. The highest BCUT2D eigenvalue weighted by molar-refractivity contribution is 6.44. The van der Waals surface area contributed by atoms with Crippen LogP contribution in [0.2, 0.25) is 50.2 Å². The van der Waals surface area contributed by atoms with Gasteiger partial charge >= 0.3 is 18.3 Å². The molecular formula is C112H163Cl12N5O13. The van der Waals surface area contributed by atoms with Crippen LogP contribution in [-0.2, 0) is 65.0 Å². The van der Waals surface area contributed by atoms with Crippen LogP contribution < -0.4 is 10.6 Å². The molecule has 798 valence electrons. The summed E-state index contributed by atoms with van der Waals surface area (Å²) in [5.74, 6) is 2.30. The van der Waals surface area contributed by atoms with Crippen LogP contribution in [0.15, 0.2) is 91.0 Å². The molecule has 5 saturated carbocycles. The van der Waals surface area contributed by atoms with Crippen LogP contribution in [0, 0.1) is 29.6 Å². The Morgan fingerprint density at radius 3 is 0.704 bits per heavy atom. The van der Waals surface area contributed by atoms with Gasteiger partial charge in [0.1, 0.15) is 16.8 Å². The van der Waals surface area contributed by atoms with Gasteiger partial charge in [-0.1, -0.05) is 146 Å². The lowest BCUT2D eigenvalue weighted by molar-refractivity contribution is -0.0474. The van der Waals surface area contributed by atoms with Gasteiger partial charge in [-0.15, -0.1) is 23.2 Å². The van der Waals surface area contributed by atoms with E-state index in [4.69, 9.17) is 177 Å². The fraction of sp³-hybridized carbons (Fsp3) is 0.705. The minimum absolute atomic E-state index is 0.0196. The van der Waals surface area contributed by atoms with Gasteiger partial charge < -0.3 is 73.4 Å². The first-order chi connectivity index (χ1) is 66.7. The fourth-order valence-electron chi connectivity index (χ4n) is 23.8. The van der Waals surface area contributed by atoms with E-state index in [1.807, 2.05) is 154 Å². The Morgan fingerprint density at radius 2 is 0.535 bits per heavy atom. The molecule has 7 aliphatic heterocycles. The maximum Gasteiger partial charge on any atom is 0.410 e. The molecule has 5 aliphatic carbocycles. The lowest BCUT2D eigenvalue weighted by Gasteiger charge is -2.48. The standard InChI is InChI=1S/C23H33Cl2NO3.2C22H31Cl2NO3.2C18H25Cl2NO.2C4H8O.CH2Cl2/c1-21(2,3)29-20(27)26-13-8-17(15-26)23(11-9-22(4,28-5)10-12-23)16-6-7-18(24)19(25)14-16;2*1-20(2,3)28-19(26)25-12-7-16(14-25)22(10-8-21(4,27)9-11-22)15-5-6-17(23)18(24)13-15;2*1-17(22-2)6-8-18(9-7-17,14-5-10-21-12-14)13-3-4-15(19)16(20)11-13;2*1-2-4-5-3-1;2-1-3/h6-7,14,17H,8-13,15H2,1-5H3;2*5-6,13,16,27H,7-12,14H2,1-4H3;2*3-4,11,14,21H,5-10,12H2,1-2H3;2*1-4H2;1H2/t17-,22?,23?;2*16-,21?,22?;2*14-,17?,18?;;;/m11011.../s1. The van der Waals surface area contributed by atoms with Crippen molar-refractivity contribution in [3.63, 3.8) is 0 Å². The lowest BCUT2D eigenvalue weighted by Crippen LogP contribution is -2.46. The average molecular weight is 2210 g/mol. The summed E-state index contributed by atoms with van der Waals surface area (Å²) in [5, 5.41) is 34.3. The molecule has 30 heteroatoms. The Hall–Kier alpha value is -2.97. The molecule has 7 saturated heterocycles. The first-order valence-corrected chi connectivity index (χ1v) is 56.6. The van der Waals surface area contributed by atoms with Crippen molar-refractivity contribution in [1.82, 2.24) is 25.3 Å². The minimum atomic E-state index is -0.636. The Labute approximate surface area is 910 Å². The van der Waals surface area contributed by atoms with Crippen molar-refractivity contribution in [1.29, 1.82) is 0 Å². The SMILES string of the molecule is C1CCOC1.C1CCOC1.CC1(O)CCC(c2ccc(Cl)c(Cl)c2)([C@@H]2CCN(C(=O)OC(C)(C)C)C2)CC1.CC1(O)CCC(c2ccc(Cl)c(Cl)c2)([C@H]2CCN(C(=O)OC(C)(C)C)C2)CC1.COC1(C)CCC(c2ccc(Cl)c(Cl)c2)([C@@H]2CCN(C(=O)OC(C)(C)C)C2)CC1.COC1(C)CCC(c2ccc(Cl)c(Cl)c2)([C@@H]2CCNC2)CC1.COC1(C)CCC(c2ccc(Cl)c(Cl)c2)([C@@H]2CCNC2)CC1.ClCCl. The van der Waals surface area contributed by atoms with E-state index in [9.17, 15) is 24.6 Å². The fourth-order valence-corrected chi connectivity index (χ4v) is 25.3. The number of ether oxygens (including phenoxy) is 8. The first kappa shape index (κ1) is 121. The topological polar surface area (TPSA) is 199 Å². The number of likely N-dealkylation sites (tertiary alicyclic amines) is 3. The summed E-state index contributed by atoms with van der Waals surface area (Å²) in [5.41, 5.74) is 3.58. The third-order valence-corrected chi connectivity index (χ3v) is 36.9. The highest BCUT2D eigenvalue weighted by atomic mass is 35.5. The van der Waals surface area contributed by atoms with Gasteiger partial charge in [-0.2, -0.15) is 0 Å². The zero-order chi connectivity index (χ0) is 104. The third kappa shape index (κ3) is 32.6. The van der Waals surface area contributed by atoms with Crippen LogP contribution in [0.4, 0.5) is 14.4 Å². The molecule has 0 spiro atoms. The number of amides is 3. The predicted molar refractivity (Wildman–Crippen MR) is 587 cm³/mol. The summed E-state index contributed by atoms with van der Waals surface area (Å²) < 4.78 is 43.9. The van der Waals surface area contributed by atoms with E-state index in [2.05, 4.69) is 73.9 Å². The van der Waals surface area contributed by atoms with E-state index in [-0.39, 0.29) is 67.5 Å². The first-order valence-electron chi connectivity index (χ1n) is 51.7. The molecule has 0 radical (unpaired) electrons. The highest BCUT2D eigenvalue weighted by Crippen LogP contribution is 2.58. The molecule has 5 aromatic carbocycles. The quantitative estimate of drug-likeness (QED) is 0.0641. The molecule has 12 fully saturated rings. The lowest BCUT2D eigenvalue weighted by atomic mass is 9.59. The minimum Gasteiger partial charge on any atom is -0.444 e. The molecule has 18 nitrogen and oxygen atoms in total. The molecule has 3 amide bonds. The number of aliphatic hydroxyl groups is 2. The molecule has 0 aromatic heterocycles. The molecule has 12 aliphatic rings. The molecular weight excluding hydrogens is 2050 g/mol. The summed E-state index contributed by atoms with van der Waals surface area (Å²) in [6, 6.07) is 30.3. The smallest absolute Gasteiger partial charge is 0.410 e. The van der Waals surface area contributed by atoms with Gasteiger partial charge in [0, 0.05) is 103 Å². The number of nitrogens with zero attached hydrogens (tertiary/aromatic N) is 3. The van der Waals surface area contributed by atoms with Gasteiger partial charge in [0.05, 0.1) is 83.6 Å². The molecule has 7 heterocycles. The average Bonchev–Trinajstić information content (AvgIpc) is 1.55. The van der Waals surface area contributed by atoms with Crippen molar-refractivity contribution in [3.05, 3.63) is 169 Å². The number of carbonyl (C=O) groups is 3. The van der Waals surface area contributed by atoms with Gasteiger partial charge in [-0.05, 0) is 438 Å². The molecule has 5 aromatic rings. The van der Waals surface area contributed by atoms with Crippen molar-refractivity contribution in [2.45, 2.75) is 355 Å². The Kier molecular flexibility index (Phi) is 44.8. The van der Waals surface area contributed by atoms with Crippen LogP contribution in [0.25, 0.3) is 0 Å². The molecule has 142 heavy (non-hydrogen) atoms. The van der Waals surface area contributed by atoms with Crippen LogP contribution in [-0.4, -0.2) is 207 Å². The summed E-state index contributed by atoms with van der Waals surface area (Å²) in [4.78, 5) is 43.2. The summed E-state index contributed by atoms with van der Waals surface area (Å²) in [6.45, 7) is 40.1. The summed E-state index contributed by atoms with van der Waals surface area (Å²) >= 11 is 72.0. The van der Waals surface area contributed by atoms with Crippen LogP contribution in [0.3, 0.4) is 0 Å². The van der Waals surface area contributed by atoms with E-state index in [1.54, 1.807) is 7.11 Å². The van der Waals surface area contributed by atoms with E-state index in [0.717, 1.165) is 218 Å². The van der Waals surface area contributed by atoms with E-state index >= 15 is 0 Å². The monoisotopic (exact) mass is 2210 g/mol. The number of alkyl halides is 2. The van der Waals surface area contributed by atoms with E-state index in [1.165, 1.54) is 55.2 Å². The normalized spacial score (nSPS) is 31.4. The zero-order valence-corrected chi connectivity index (χ0v) is 96.5. The van der Waals surface area contributed by atoms with Gasteiger partial charge in [0.15, 0.2) is 0 Å². The van der Waals surface area contributed by atoms with Crippen LogP contribution >= 0.6 is 139 Å². The van der Waals surface area contributed by atoms with Gasteiger partial charge in [-0.3, -0.25) is 0 Å². The number of benzene rings is 5. The van der Waals surface area contributed by atoms with Crippen molar-refractivity contribution in [3.8, 4) is 0 Å². The molecule has 5 atom stereocenters. The Morgan fingerprint density at radius 1 is 0.331 bits per heavy atom. The van der Waals surface area contributed by atoms with Crippen molar-refractivity contribution < 1.29 is 62.5 Å². The molecule has 0 bridgehead atoms. The Balaban J connectivity index is 0.000000177. The second kappa shape index (κ2) is 52.6. The predicted octanol–water partition coefficient (Wildman–Crippen LogP) is 30.7. The van der Waals surface area contributed by atoms with Crippen LogP contribution in [0.1, 0.15) is 311 Å². The van der Waals surface area contributed by atoms with Crippen molar-refractivity contribution in [2.24, 2.45) is 29.6 Å². The maximum atomic E-state index is 12.6. The summed E-state index contributed by atoms with van der Waals surface area (Å²) in [7, 11) is 5.47. The van der Waals surface area contributed by atoms with Crippen molar-refractivity contribution in [2.75, 3.05) is 119 Å². The number of hydrogen-bond donors (Lipinski definition) is 4. The summed E-state index contributed by atoms with van der Waals surface area (Å²) in [6.07, 6.45) is 29.0. The number of carbonyl (C=O) groups excluding carboxylic acids is 3. The zero-order valence-electron chi connectivity index (χ0n) is 87.4. The number of halogens is 12. The number of nitrogens with one attached hydrogen (secondary N) is 2. The third-order valence-electron chi connectivity index (χ3n) is 33.2. The van der Waals surface area contributed by atoms with Gasteiger partial charge in [0.2, 0.25) is 0 Å².